The van der Waals surface area contributed by atoms with Gasteiger partial charge >= 0.3 is 0 Å². The minimum Gasteiger partial charge on any atom is -0.488 e. The molecule has 0 aliphatic rings. The van der Waals surface area contributed by atoms with Crippen molar-refractivity contribution in [3.05, 3.63) is 101 Å². The number of carbonyl (C=O) groups is 1. The second-order valence-corrected chi connectivity index (χ2v) is 5.96. The number of rotatable bonds is 6. The zero-order valence-electron chi connectivity index (χ0n) is 13.9. The molecule has 0 radical (unpaired) electrons. The first-order valence-corrected chi connectivity index (χ1v) is 8.45. The van der Waals surface area contributed by atoms with Gasteiger partial charge in [-0.25, -0.2) is 5.43 Å². The quantitative estimate of drug-likeness (QED) is 0.510. The summed E-state index contributed by atoms with van der Waals surface area (Å²) in [6, 6.07) is 23.9. The third-order valence-electron chi connectivity index (χ3n) is 3.61. The summed E-state index contributed by atoms with van der Waals surface area (Å²) >= 11 is 5.99. The fraction of sp³-hybridized carbons (Fsp3) is 0.0476. The van der Waals surface area contributed by atoms with Crippen LogP contribution in [0.3, 0.4) is 0 Å². The molecule has 0 atom stereocenters. The molecular formula is C21H17ClN2O2. The molecule has 26 heavy (non-hydrogen) atoms. The molecular weight excluding hydrogens is 348 g/mol. The van der Waals surface area contributed by atoms with Crippen molar-refractivity contribution in [2.24, 2.45) is 5.10 Å². The van der Waals surface area contributed by atoms with Gasteiger partial charge in [-0.1, -0.05) is 54.1 Å². The van der Waals surface area contributed by atoms with Gasteiger partial charge in [-0.3, -0.25) is 4.79 Å². The number of hydrogen-bond donors (Lipinski definition) is 1. The number of halogens is 1. The van der Waals surface area contributed by atoms with Crippen LogP contribution in [0.15, 0.2) is 84.0 Å². The fourth-order valence-corrected chi connectivity index (χ4v) is 2.53. The van der Waals surface area contributed by atoms with E-state index in [4.69, 9.17) is 16.3 Å². The lowest BCUT2D eigenvalue weighted by Crippen LogP contribution is -2.17. The summed E-state index contributed by atoms with van der Waals surface area (Å²) in [4.78, 5) is 12.0. The largest absolute Gasteiger partial charge is 0.488 e. The molecule has 130 valence electrons. The van der Waals surface area contributed by atoms with Crippen LogP contribution in [-0.4, -0.2) is 12.1 Å². The van der Waals surface area contributed by atoms with Crippen molar-refractivity contribution in [3.8, 4) is 5.75 Å². The molecule has 5 heteroatoms. The van der Waals surface area contributed by atoms with Crippen molar-refractivity contribution in [1.29, 1.82) is 0 Å². The Kier molecular flexibility index (Phi) is 6.01. The van der Waals surface area contributed by atoms with E-state index >= 15 is 0 Å². The first-order valence-electron chi connectivity index (χ1n) is 8.07. The molecule has 3 aromatic carbocycles. The third kappa shape index (κ3) is 4.94. The number of benzene rings is 3. The Labute approximate surface area is 157 Å². The highest BCUT2D eigenvalue weighted by atomic mass is 35.5. The Morgan fingerprint density at radius 1 is 1.00 bits per heavy atom. The van der Waals surface area contributed by atoms with Gasteiger partial charge in [0.2, 0.25) is 0 Å². The summed E-state index contributed by atoms with van der Waals surface area (Å²) in [5.74, 6) is 0.407. The van der Waals surface area contributed by atoms with E-state index < -0.39 is 0 Å². The Balaban J connectivity index is 1.64. The lowest BCUT2D eigenvalue weighted by molar-refractivity contribution is 0.0955. The highest BCUT2D eigenvalue weighted by molar-refractivity contribution is 6.30. The van der Waals surface area contributed by atoms with Gasteiger partial charge in [0.1, 0.15) is 12.4 Å². The van der Waals surface area contributed by atoms with Crippen molar-refractivity contribution in [2.45, 2.75) is 6.61 Å². The zero-order chi connectivity index (χ0) is 18.2. The first kappa shape index (κ1) is 17.7. The molecule has 3 rings (SSSR count). The molecule has 1 N–H and O–H groups in total. The van der Waals surface area contributed by atoms with Crippen LogP contribution < -0.4 is 10.2 Å². The summed E-state index contributed by atoms with van der Waals surface area (Å²) < 4.78 is 5.86. The molecule has 0 aliphatic carbocycles. The molecule has 0 bridgehead atoms. The molecule has 4 nitrogen and oxygen atoms in total. The maximum atomic E-state index is 12.0. The molecule has 0 unspecified atom stereocenters. The second-order valence-electron chi connectivity index (χ2n) is 5.52. The van der Waals surface area contributed by atoms with E-state index in [9.17, 15) is 4.79 Å². The molecule has 0 spiro atoms. The summed E-state index contributed by atoms with van der Waals surface area (Å²) in [5, 5.41) is 4.69. The van der Waals surface area contributed by atoms with Crippen LogP contribution in [-0.2, 0) is 6.61 Å². The van der Waals surface area contributed by atoms with Crippen LogP contribution in [0.2, 0.25) is 5.02 Å². The molecule has 3 aromatic rings. The first-order chi connectivity index (χ1) is 12.7. The van der Waals surface area contributed by atoms with Crippen molar-refractivity contribution in [1.82, 2.24) is 5.43 Å². The lowest BCUT2D eigenvalue weighted by Gasteiger charge is -2.09. The van der Waals surface area contributed by atoms with Crippen LogP contribution in [0.5, 0.6) is 5.75 Å². The average Bonchev–Trinajstić information content (AvgIpc) is 2.68. The monoisotopic (exact) mass is 364 g/mol. The van der Waals surface area contributed by atoms with E-state index in [-0.39, 0.29) is 5.91 Å². The minimum absolute atomic E-state index is 0.265. The molecule has 0 fully saturated rings. The van der Waals surface area contributed by atoms with Gasteiger partial charge in [0.25, 0.3) is 5.91 Å². The maximum Gasteiger partial charge on any atom is 0.271 e. The standard InChI is InChI=1S/C21H17ClN2O2/c22-19-11-6-7-16(13-19)15-26-20-12-5-4-10-18(20)14-23-24-21(25)17-8-2-1-3-9-17/h1-14H,15H2,(H,24,25)/b23-14-. The number of amides is 1. The fourth-order valence-electron chi connectivity index (χ4n) is 2.32. The average molecular weight is 365 g/mol. The van der Waals surface area contributed by atoms with Crippen molar-refractivity contribution in [2.75, 3.05) is 0 Å². The lowest BCUT2D eigenvalue weighted by atomic mass is 10.2. The van der Waals surface area contributed by atoms with E-state index in [0.717, 1.165) is 11.1 Å². The van der Waals surface area contributed by atoms with Gasteiger partial charge < -0.3 is 4.74 Å². The normalized spacial score (nSPS) is 10.7. The van der Waals surface area contributed by atoms with Crippen LogP contribution >= 0.6 is 11.6 Å². The third-order valence-corrected chi connectivity index (χ3v) is 3.84. The maximum absolute atomic E-state index is 12.0. The summed E-state index contributed by atoms with van der Waals surface area (Å²) in [5.41, 5.74) is 4.80. The van der Waals surface area contributed by atoms with E-state index in [0.29, 0.717) is 22.9 Å². The molecule has 0 saturated carbocycles. The van der Waals surface area contributed by atoms with Crippen LogP contribution in [0.1, 0.15) is 21.5 Å². The smallest absolute Gasteiger partial charge is 0.271 e. The van der Waals surface area contributed by atoms with Gasteiger partial charge in [-0.2, -0.15) is 5.10 Å². The highest BCUT2D eigenvalue weighted by Crippen LogP contribution is 2.18. The van der Waals surface area contributed by atoms with E-state index in [2.05, 4.69) is 10.5 Å². The zero-order valence-corrected chi connectivity index (χ0v) is 14.7. The van der Waals surface area contributed by atoms with E-state index in [1.807, 2.05) is 54.6 Å². The molecule has 1 amide bonds. The number of para-hydroxylation sites is 1. The van der Waals surface area contributed by atoms with Crippen LogP contribution in [0.25, 0.3) is 0 Å². The van der Waals surface area contributed by atoms with Crippen LogP contribution in [0, 0.1) is 0 Å². The Morgan fingerprint density at radius 2 is 1.77 bits per heavy atom. The summed E-state index contributed by atoms with van der Waals surface area (Å²) in [6.07, 6.45) is 1.56. The topological polar surface area (TPSA) is 50.7 Å². The van der Waals surface area contributed by atoms with Gasteiger partial charge in [0.15, 0.2) is 0 Å². The molecule has 0 heterocycles. The number of hydrazone groups is 1. The SMILES string of the molecule is O=C(N/N=C\c1ccccc1OCc1cccc(Cl)c1)c1ccccc1. The van der Waals surface area contributed by atoms with Crippen molar-refractivity contribution in [3.63, 3.8) is 0 Å². The number of ether oxygens (including phenoxy) is 1. The number of nitrogens with zero attached hydrogens (tertiary/aromatic N) is 1. The molecule has 0 saturated heterocycles. The predicted molar refractivity (Wildman–Crippen MR) is 104 cm³/mol. The van der Waals surface area contributed by atoms with Gasteiger partial charge in [-0.15, -0.1) is 0 Å². The second kappa shape index (κ2) is 8.83. The Bertz CT molecular complexity index is 911. The van der Waals surface area contributed by atoms with Crippen molar-refractivity contribution < 1.29 is 9.53 Å². The highest BCUT2D eigenvalue weighted by Gasteiger charge is 2.04. The molecule has 0 aliphatic heterocycles. The van der Waals surface area contributed by atoms with Crippen molar-refractivity contribution >= 4 is 23.7 Å². The number of hydrogen-bond acceptors (Lipinski definition) is 3. The summed E-state index contributed by atoms with van der Waals surface area (Å²) in [7, 11) is 0. The molecule has 0 aromatic heterocycles. The van der Waals surface area contributed by atoms with E-state index in [1.165, 1.54) is 0 Å². The van der Waals surface area contributed by atoms with Gasteiger partial charge in [0.05, 0.1) is 6.21 Å². The summed E-state index contributed by atoms with van der Waals surface area (Å²) in [6.45, 7) is 0.391. The Morgan fingerprint density at radius 3 is 2.58 bits per heavy atom. The number of carbonyl (C=O) groups excluding carboxylic acids is 1. The predicted octanol–water partition coefficient (Wildman–Crippen LogP) is 4.68. The van der Waals surface area contributed by atoms with Crippen LogP contribution in [0.4, 0.5) is 0 Å². The van der Waals surface area contributed by atoms with Gasteiger partial charge in [0, 0.05) is 16.1 Å². The van der Waals surface area contributed by atoms with E-state index in [1.54, 1.807) is 30.5 Å². The number of nitrogens with one attached hydrogen (secondary N) is 1. The van der Waals surface area contributed by atoms with Gasteiger partial charge in [-0.05, 0) is 42.0 Å². The Hall–Kier alpha value is -3.11. The minimum atomic E-state index is -0.265.